The number of phenolic OH excluding ortho intramolecular Hbond substituents is 1. The van der Waals surface area contributed by atoms with E-state index in [2.05, 4.69) is 19.9 Å². The first-order valence-corrected chi connectivity index (χ1v) is 6.94. The maximum absolute atomic E-state index is 10.0. The van der Waals surface area contributed by atoms with Crippen molar-refractivity contribution in [1.82, 2.24) is 0 Å². The van der Waals surface area contributed by atoms with Crippen molar-refractivity contribution in [2.45, 2.75) is 46.0 Å². The van der Waals surface area contributed by atoms with Gasteiger partial charge < -0.3 is 14.9 Å². The summed E-state index contributed by atoms with van der Waals surface area (Å²) in [6.07, 6.45) is 5.91. The molecule has 20 heavy (non-hydrogen) atoms. The fraction of sp³-hybridized carbons (Fsp3) is 0.412. The zero-order valence-corrected chi connectivity index (χ0v) is 12.3. The molecule has 0 fully saturated rings. The zero-order chi connectivity index (χ0) is 14.7. The van der Waals surface area contributed by atoms with Gasteiger partial charge >= 0.3 is 0 Å². The number of hydrogen-bond acceptors (Lipinski definition) is 3. The number of fused-ring (bicyclic) bond motifs is 1. The molecule has 1 aromatic carbocycles. The largest absolute Gasteiger partial charge is 0.508 e. The molecule has 2 atom stereocenters. The van der Waals surface area contributed by atoms with E-state index < -0.39 is 6.10 Å². The normalized spacial score (nSPS) is 19.1. The van der Waals surface area contributed by atoms with Crippen LogP contribution in [-0.4, -0.2) is 22.4 Å². The van der Waals surface area contributed by atoms with Crippen LogP contribution in [0.4, 0.5) is 0 Å². The number of hydrogen-bond donors (Lipinski definition) is 2. The predicted octanol–water partition coefficient (Wildman–Crippen LogP) is 3.19. The minimum Gasteiger partial charge on any atom is -0.508 e. The summed E-state index contributed by atoms with van der Waals surface area (Å²) in [5.41, 5.74) is 4.22. The van der Waals surface area contributed by atoms with Crippen LogP contribution in [-0.2, 0) is 17.8 Å². The van der Waals surface area contributed by atoms with Gasteiger partial charge in [0.25, 0.3) is 0 Å². The number of rotatable bonds is 3. The van der Waals surface area contributed by atoms with E-state index in [1.807, 2.05) is 18.2 Å². The third-order valence-corrected chi connectivity index (χ3v) is 3.50. The fourth-order valence-corrected chi connectivity index (χ4v) is 2.28. The van der Waals surface area contributed by atoms with E-state index in [4.69, 9.17) is 4.74 Å². The standard InChI is InChI=1S/C17H22O3/c1-11(2)4-5-13-6-8-16(19)15-10-20-17(12(3)18)9-7-14(13)15/h4,6-9,12,17-19H,5,10H2,1-3H3/t12-,17-/m0/s1. The SMILES string of the molecule is CC(C)=CCc1ccc(O)c2c1C=C[C@@H]([C@H](C)O)OC2. The van der Waals surface area contributed by atoms with Crippen molar-refractivity contribution in [3.63, 3.8) is 0 Å². The van der Waals surface area contributed by atoms with E-state index in [9.17, 15) is 10.2 Å². The Balaban J connectivity index is 2.39. The van der Waals surface area contributed by atoms with Crippen molar-refractivity contribution in [2.75, 3.05) is 0 Å². The number of aliphatic hydroxyl groups is 1. The van der Waals surface area contributed by atoms with Gasteiger partial charge in [-0.15, -0.1) is 0 Å². The molecule has 2 N–H and O–H groups in total. The van der Waals surface area contributed by atoms with E-state index in [1.165, 1.54) is 5.57 Å². The summed E-state index contributed by atoms with van der Waals surface area (Å²) >= 11 is 0. The highest BCUT2D eigenvalue weighted by Gasteiger charge is 2.19. The van der Waals surface area contributed by atoms with Crippen molar-refractivity contribution in [2.24, 2.45) is 0 Å². The second-order valence-corrected chi connectivity index (χ2v) is 5.50. The second-order valence-electron chi connectivity index (χ2n) is 5.50. The topological polar surface area (TPSA) is 49.7 Å². The van der Waals surface area contributed by atoms with Gasteiger partial charge in [0.2, 0.25) is 0 Å². The number of phenols is 1. The smallest absolute Gasteiger partial charge is 0.121 e. The Kier molecular flexibility index (Phi) is 4.63. The number of aromatic hydroxyl groups is 1. The lowest BCUT2D eigenvalue weighted by atomic mass is 9.97. The van der Waals surface area contributed by atoms with Crippen LogP contribution in [0.5, 0.6) is 5.75 Å². The second kappa shape index (κ2) is 6.25. The van der Waals surface area contributed by atoms with E-state index in [0.29, 0.717) is 6.61 Å². The molecular weight excluding hydrogens is 252 g/mol. The predicted molar refractivity (Wildman–Crippen MR) is 80.5 cm³/mol. The Hall–Kier alpha value is -1.58. The van der Waals surface area contributed by atoms with Crippen LogP contribution in [0.15, 0.2) is 29.9 Å². The number of aliphatic hydroxyl groups excluding tert-OH is 1. The molecule has 0 saturated heterocycles. The average molecular weight is 274 g/mol. The van der Waals surface area contributed by atoms with Crippen LogP contribution in [0.25, 0.3) is 6.08 Å². The molecule has 3 nitrogen and oxygen atoms in total. The summed E-state index contributed by atoms with van der Waals surface area (Å²) < 4.78 is 5.64. The Morgan fingerprint density at radius 3 is 2.85 bits per heavy atom. The maximum Gasteiger partial charge on any atom is 0.121 e. The van der Waals surface area contributed by atoms with Crippen LogP contribution < -0.4 is 0 Å². The Labute approximate surface area is 120 Å². The maximum atomic E-state index is 10.0. The van der Waals surface area contributed by atoms with Gasteiger partial charge in [-0.25, -0.2) is 0 Å². The number of allylic oxidation sites excluding steroid dienone is 2. The molecule has 0 radical (unpaired) electrons. The van der Waals surface area contributed by atoms with Gasteiger partial charge in [-0.05, 0) is 44.4 Å². The molecular formula is C17H22O3. The highest BCUT2D eigenvalue weighted by atomic mass is 16.5. The Morgan fingerprint density at radius 2 is 2.20 bits per heavy atom. The van der Waals surface area contributed by atoms with Crippen LogP contribution in [0.1, 0.15) is 37.5 Å². The third-order valence-electron chi connectivity index (χ3n) is 3.50. The molecule has 0 unspecified atom stereocenters. The first-order chi connectivity index (χ1) is 9.49. The van der Waals surface area contributed by atoms with Crippen LogP contribution in [0, 0.1) is 0 Å². The molecule has 1 heterocycles. The van der Waals surface area contributed by atoms with Crippen molar-refractivity contribution < 1.29 is 14.9 Å². The molecule has 1 aliphatic heterocycles. The zero-order valence-electron chi connectivity index (χ0n) is 12.3. The molecule has 0 aliphatic carbocycles. The molecule has 0 aromatic heterocycles. The summed E-state index contributed by atoms with van der Waals surface area (Å²) in [6.45, 7) is 6.16. The van der Waals surface area contributed by atoms with Gasteiger partial charge in [0.1, 0.15) is 11.9 Å². The highest BCUT2D eigenvalue weighted by Crippen LogP contribution is 2.30. The monoisotopic (exact) mass is 274 g/mol. The van der Waals surface area contributed by atoms with Crippen molar-refractivity contribution in [1.29, 1.82) is 0 Å². The van der Waals surface area contributed by atoms with Gasteiger partial charge in [0.05, 0.1) is 12.7 Å². The van der Waals surface area contributed by atoms with Gasteiger partial charge in [0.15, 0.2) is 0 Å². The fourth-order valence-electron chi connectivity index (χ4n) is 2.28. The molecule has 108 valence electrons. The summed E-state index contributed by atoms with van der Waals surface area (Å²) in [5, 5.41) is 19.7. The lowest BCUT2D eigenvalue weighted by Crippen LogP contribution is -2.23. The first kappa shape index (κ1) is 14.8. The van der Waals surface area contributed by atoms with Gasteiger partial charge in [-0.1, -0.05) is 29.9 Å². The van der Waals surface area contributed by atoms with Crippen LogP contribution in [0.2, 0.25) is 0 Å². The van der Waals surface area contributed by atoms with E-state index >= 15 is 0 Å². The van der Waals surface area contributed by atoms with Gasteiger partial charge in [0, 0.05) is 5.56 Å². The average Bonchev–Trinajstić information content (AvgIpc) is 2.61. The van der Waals surface area contributed by atoms with Gasteiger partial charge in [-0.2, -0.15) is 0 Å². The summed E-state index contributed by atoms with van der Waals surface area (Å²) in [7, 11) is 0. The third kappa shape index (κ3) is 3.30. The molecule has 2 rings (SSSR count). The first-order valence-electron chi connectivity index (χ1n) is 6.94. The summed E-state index contributed by atoms with van der Waals surface area (Å²) in [6, 6.07) is 3.66. The molecule has 1 aromatic rings. The van der Waals surface area contributed by atoms with E-state index in [1.54, 1.807) is 13.0 Å². The van der Waals surface area contributed by atoms with Crippen molar-refractivity contribution >= 4 is 6.08 Å². The summed E-state index contributed by atoms with van der Waals surface area (Å²) in [5.74, 6) is 0.247. The number of ether oxygens (including phenoxy) is 1. The van der Waals surface area contributed by atoms with Crippen LogP contribution >= 0.6 is 0 Å². The summed E-state index contributed by atoms with van der Waals surface area (Å²) in [4.78, 5) is 0. The molecule has 0 spiro atoms. The molecule has 0 bridgehead atoms. The van der Waals surface area contributed by atoms with Gasteiger partial charge in [-0.3, -0.25) is 0 Å². The lowest BCUT2D eigenvalue weighted by molar-refractivity contribution is -0.00920. The van der Waals surface area contributed by atoms with Crippen molar-refractivity contribution in [3.8, 4) is 5.75 Å². The highest BCUT2D eigenvalue weighted by molar-refractivity contribution is 5.63. The minimum absolute atomic E-state index is 0.247. The molecule has 1 aliphatic rings. The minimum atomic E-state index is -0.566. The van der Waals surface area contributed by atoms with E-state index in [0.717, 1.165) is 23.1 Å². The molecule has 0 amide bonds. The lowest BCUT2D eigenvalue weighted by Gasteiger charge is -2.15. The Bertz CT molecular complexity index is 537. The van der Waals surface area contributed by atoms with Crippen molar-refractivity contribution in [3.05, 3.63) is 46.5 Å². The molecule has 0 saturated carbocycles. The molecule has 3 heteroatoms. The van der Waals surface area contributed by atoms with Crippen LogP contribution in [0.3, 0.4) is 0 Å². The quantitative estimate of drug-likeness (QED) is 0.832. The van der Waals surface area contributed by atoms with E-state index in [-0.39, 0.29) is 11.9 Å². The Morgan fingerprint density at radius 1 is 1.45 bits per heavy atom. The number of benzene rings is 1.